The molecule has 0 bridgehead atoms. The lowest BCUT2D eigenvalue weighted by atomic mass is 9.87. The molecule has 3 nitrogen and oxygen atoms in total. The highest BCUT2D eigenvalue weighted by Gasteiger charge is 2.34. The van der Waals surface area contributed by atoms with Crippen molar-refractivity contribution < 1.29 is 14.3 Å². The zero-order valence-corrected chi connectivity index (χ0v) is 13.1. The van der Waals surface area contributed by atoms with Crippen molar-refractivity contribution in [1.29, 1.82) is 0 Å². The fourth-order valence-electron chi connectivity index (χ4n) is 3.25. The van der Waals surface area contributed by atoms with E-state index in [0.29, 0.717) is 12.2 Å². The standard InChI is InChI=1S/C21H16O3/c22-19(12-14-6-2-1-3-7-14)18-13-17-16-9-5-4-8-15(16)10-11-20(17)24-21(18)23/h1-11,18H,12-13H2. The van der Waals surface area contributed by atoms with Crippen LogP contribution in [0.5, 0.6) is 5.75 Å². The number of ketones is 1. The van der Waals surface area contributed by atoms with Gasteiger partial charge in [0, 0.05) is 12.0 Å². The van der Waals surface area contributed by atoms with Gasteiger partial charge in [-0.1, -0.05) is 60.7 Å². The summed E-state index contributed by atoms with van der Waals surface area (Å²) in [6, 6.07) is 21.2. The molecule has 24 heavy (non-hydrogen) atoms. The summed E-state index contributed by atoms with van der Waals surface area (Å²) >= 11 is 0. The third-order valence-corrected chi connectivity index (χ3v) is 4.51. The Morgan fingerprint density at radius 3 is 2.54 bits per heavy atom. The monoisotopic (exact) mass is 316 g/mol. The number of esters is 1. The maximum atomic E-state index is 12.6. The maximum absolute atomic E-state index is 12.6. The third kappa shape index (κ3) is 2.58. The van der Waals surface area contributed by atoms with E-state index in [-0.39, 0.29) is 12.2 Å². The van der Waals surface area contributed by atoms with Gasteiger partial charge >= 0.3 is 5.97 Å². The highest BCUT2D eigenvalue weighted by Crippen LogP contribution is 2.34. The summed E-state index contributed by atoms with van der Waals surface area (Å²) in [5.41, 5.74) is 1.86. The molecule has 3 aromatic carbocycles. The Labute approximate surface area is 139 Å². The van der Waals surface area contributed by atoms with Gasteiger partial charge in [0.2, 0.25) is 0 Å². The zero-order chi connectivity index (χ0) is 16.5. The van der Waals surface area contributed by atoms with E-state index in [4.69, 9.17) is 4.74 Å². The predicted molar refractivity (Wildman–Crippen MR) is 91.9 cm³/mol. The van der Waals surface area contributed by atoms with Crippen LogP contribution in [-0.2, 0) is 22.4 Å². The molecule has 4 rings (SSSR count). The van der Waals surface area contributed by atoms with Crippen molar-refractivity contribution in [1.82, 2.24) is 0 Å². The van der Waals surface area contributed by atoms with Crippen LogP contribution in [0, 0.1) is 5.92 Å². The van der Waals surface area contributed by atoms with Gasteiger partial charge in [0.25, 0.3) is 0 Å². The number of carbonyl (C=O) groups is 2. The summed E-state index contributed by atoms with van der Waals surface area (Å²) in [7, 11) is 0. The highest BCUT2D eigenvalue weighted by atomic mass is 16.5. The van der Waals surface area contributed by atoms with Crippen LogP contribution in [0.2, 0.25) is 0 Å². The van der Waals surface area contributed by atoms with Gasteiger partial charge in [-0.3, -0.25) is 9.59 Å². The summed E-state index contributed by atoms with van der Waals surface area (Å²) in [5, 5.41) is 2.13. The van der Waals surface area contributed by atoms with E-state index >= 15 is 0 Å². The smallest absolute Gasteiger partial charge is 0.322 e. The number of Topliss-reactive ketones (excluding diaryl/α,β-unsaturated/α-hetero) is 1. The number of hydrogen-bond acceptors (Lipinski definition) is 3. The molecule has 3 aromatic rings. The molecule has 3 heteroatoms. The SMILES string of the molecule is O=C(Cc1ccccc1)C1Cc2c(ccc3ccccc23)OC1=O. The molecular weight excluding hydrogens is 300 g/mol. The van der Waals surface area contributed by atoms with E-state index in [1.807, 2.05) is 66.7 Å². The minimum atomic E-state index is -0.733. The first-order valence-electron chi connectivity index (χ1n) is 8.01. The molecule has 1 atom stereocenters. The minimum absolute atomic E-state index is 0.0928. The molecule has 0 amide bonds. The number of ether oxygens (including phenoxy) is 1. The molecule has 1 aliphatic heterocycles. The summed E-state index contributed by atoms with van der Waals surface area (Å²) in [6.07, 6.45) is 0.655. The van der Waals surface area contributed by atoms with E-state index in [9.17, 15) is 9.59 Å². The lowest BCUT2D eigenvalue weighted by Gasteiger charge is -2.24. The second-order valence-corrected chi connectivity index (χ2v) is 6.07. The lowest BCUT2D eigenvalue weighted by Crippen LogP contribution is -2.34. The van der Waals surface area contributed by atoms with Crippen LogP contribution >= 0.6 is 0 Å². The molecule has 0 saturated carbocycles. The number of rotatable bonds is 3. The third-order valence-electron chi connectivity index (χ3n) is 4.51. The molecule has 0 aromatic heterocycles. The van der Waals surface area contributed by atoms with Crippen LogP contribution in [0.25, 0.3) is 10.8 Å². The van der Waals surface area contributed by atoms with Gasteiger partial charge in [-0.2, -0.15) is 0 Å². The van der Waals surface area contributed by atoms with E-state index < -0.39 is 11.9 Å². The first kappa shape index (κ1) is 14.6. The zero-order valence-electron chi connectivity index (χ0n) is 13.1. The van der Waals surface area contributed by atoms with Crippen LogP contribution in [-0.4, -0.2) is 11.8 Å². The average Bonchev–Trinajstić information content (AvgIpc) is 2.61. The molecule has 0 spiro atoms. The largest absolute Gasteiger partial charge is 0.426 e. The maximum Gasteiger partial charge on any atom is 0.322 e. The molecule has 1 aliphatic rings. The first-order valence-corrected chi connectivity index (χ1v) is 8.01. The normalized spacial score (nSPS) is 16.5. The van der Waals surface area contributed by atoms with Gasteiger partial charge in [-0.25, -0.2) is 0 Å². The number of fused-ring (bicyclic) bond motifs is 3. The van der Waals surface area contributed by atoms with Crippen LogP contribution < -0.4 is 4.74 Å². The second kappa shape index (κ2) is 5.93. The Morgan fingerprint density at radius 2 is 1.71 bits per heavy atom. The van der Waals surface area contributed by atoms with Crippen LogP contribution in [0.4, 0.5) is 0 Å². The van der Waals surface area contributed by atoms with Crippen molar-refractivity contribution in [2.75, 3.05) is 0 Å². The minimum Gasteiger partial charge on any atom is -0.426 e. The van der Waals surface area contributed by atoms with Crippen molar-refractivity contribution in [2.24, 2.45) is 5.92 Å². The Bertz CT molecular complexity index is 928. The van der Waals surface area contributed by atoms with Gasteiger partial charge in [-0.05, 0) is 28.8 Å². The van der Waals surface area contributed by atoms with Gasteiger partial charge < -0.3 is 4.74 Å². The van der Waals surface area contributed by atoms with E-state index in [2.05, 4.69) is 0 Å². The Morgan fingerprint density at radius 1 is 0.958 bits per heavy atom. The summed E-state index contributed by atoms with van der Waals surface area (Å²) in [4.78, 5) is 24.9. The van der Waals surface area contributed by atoms with Gasteiger partial charge in [0.15, 0.2) is 5.78 Å². The topological polar surface area (TPSA) is 43.4 Å². The highest BCUT2D eigenvalue weighted by molar-refractivity contribution is 6.03. The fourth-order valence-corrected chi connectivity index (χ4v) is 3.25. The second-order valence-electron chi connectivity index (χ2n) is 6.07. The Hall–Kier alpha value is -2.94. The van der Waals surface area contributed by atoms with Gasteiger partial charge in [0.1, 0.15) is 11.7 Å². The van der Waals surface area contributed by atoms with Crippen molar-refractivity contribution >= 4 is 22.5 Å². The van der Waals surface area contributed by atoms with Gasteiger partial charge in [0.05, 0.1) is 0 Å². The predicted octanol–water partition coefficient (Wildman–Crippen LogP) is 3.73. The molecule has 0 saturated heterocycles. The molecule has 1 heterocycles. The molecule has 0 radical (unpaired) electrons. The van der Waals surface area contributed by atoms with Crippen molar-refractivity contribution in [3.05, 3.63) is 77.9 Å². The Balaban J connectivity index is 1.66. The van der Waals surface area contributed by atoms with Crippen LogP contribution in [0.3, 0.4) is 0 Å². The van der Waals surface area contributed by atoms with Crippen LogP contribution in [0.1, 0.15) is 11.1 Å². The van der Waals surface area contributed by atoms with E-state index in [1.54, 1.807) is 0 Å². The first-order chi connectivity index (χ1) is 11.7. The number of hydrogen-bond donors (Lipinski definition) is 0. The molecule has 1 unspecified atom stereocenters. The van der Waals surface area contributed by atoms with Crippen molar-refractivity contribution in [3.8, 4) is 5.75 Å². The van der Waals surface area contributed by atoms with E-state index in [0.717, 1.165) is 21.9 Å². The van der Waals surface area contributed by atoms with Gasteiger partial charge in [-0.15, -0.1) is 0 Å². The summed E-state index contributed by atoms with van der Waals surface area (Å²) < 4.78 is 5.45. The summed E-state index contributed by atoms with van der Waals surface area (Å²) in [5.74, 6) is -0.700. The quantitative estimate of drug-likeness (QED) is 0.420. The number of carbonyl (C=O) groups excluding carboxylic acids is 2. The molecular formula is C21H16O3. The molecule has 0 aliphatic carbocycles. The fraction of sp³-hybridized carbons (Fsp3) is 0.143. The molecule has 0 N–H and O–H groups in total. The molecule has 0 fully saturated rings. The van der Waals surface area contributed by atoms with E-state index in [1.165, 1.54) is 0 Å². The van der Waals surface area contributed by atoms with Crippen molar-refractivity contribution in [3.63, 3.8) is 0 Å². The summed E-state index contributed by atoms with van der Waals surface area (Å²) in [6.45, 7) is 0. The average molecular weight is 316 g/mol. The lowest BCUT2D eigenvalue weighted by molar-refractivity contribution is -0.144. The molecule has 118 valence electrons. The Kier molecular flexibility index (Phi) is 3.62. The van der Waals surface area contributed by atoms with Crippen molar-refractivity contribution in [2.45, 2.75) is 12.8 Å². The number of benzene rings is 3. The van der Waals surface area contributed by atoms with Crippen LogP contribution in [0.15, 0.2) is 66.7 Å².